The molecule has 166 valence electrons. The zero-order valence-corrected chi connectivity index (χ0v) is 19.6. The molecule has 0 aliphatic heterocycles. The number of primary amides is 1. The highest BCUT2D eigenvalue weighted by atomic mass is 35.5. The van der Waals surface area contributed by atoms with Gasteiger partial charge in [-0.25, -0.2) is 0 Å². The van der Waals surface area contributed by atoms with Crippen LogP contribution in [0.5, 0.6) is 0 Å². The number of aliphatic carboxylic acids is 1. The Balaban J connectivity index is 0.000000789. The minimum absolute atomic E-state index is 0.419. The summed E-state index contributed by atoms with van der Waals surface area (Å²) < 4.78 is 0. The van der Waals surface area contributed by atoms with Gasteiger partial charge in [-0.1, -0.05) is 62.2 Å². The first-order valence-electron chi connectivity index (χ1n) is 9.64. The van der Waals surface area contributed by atoms with E-state index in [0.717, 1.165) is 37.6 Å². The third-order valence-corrected chi connectivity index (χ3v) is 4.63. The molecule has 30 heavy (non-hydrogen) atoms. The molecule has 5 N–H and O–H groups in total. The summed E-state index contributed by atoms with van der Waals surface area (Å²) >= 11 is 12.5. The van der Waals surface area contributed by atoms with Crippen molar-refractivity contribution in [3.63, 3.8) is 0 Å². The lowest BCUT2D eigenvalue weighted by Crippen LogP contribution is -2.14. The number of carbonyl (C=O) groups excluding carboxylic acids is 1. The van der Waals surface area contributed by atoms with Gasteiger partial charge in [0.25, 0.3) is 11.9 Å². The molecular weight excluding hydrogens is 425 g/mol. The van der Waals surface area contributed by atoms with Gasteiger partial charge in [0, 0.05) is 6.92 Å². The van der Waals surface area contributed by atoms with Gasteiger partial charge in [0.05, 0.1) is 27.0 Å². The maximum absolute atomic E-state index is 11.6. The van der Waals surface area contributed by atoms with Gasteiger partial charge < -0.3 is 21.5 Å². The van der Waals surface area contributed by atoms with Crippen LogP contribution in [0.25, 0.3) is 0 Å². The monoisotopic (exact) mass is 455 g/mol. The Morgan fingerprint density at radius 1 is 1.03 bits per heavy atom. The van der Waals surface area contributed by atoms with Gasteiger partial charge in [-0.3, -0.25) is 9.59 Å². The summed E-state index contributed by atoms with van der Waals surface area (Å²) in [4.78, 5) is 20.6. The van der Waals surface area contributed by atoms with Crippen LogP contribution in [0, 0.1) is 6.92 Å². The van der Waals surface area contributed by atoms with Crippen molar-refractivity contribution in [2.75, 3.05) is 18.4 Å². The summed E-state index contributed by atoms with van der Waals surface area (Å²) in [6.45, 7) is 11.4. The molecule has 0 aromatic heterocycles. The molecule has 0 aliphatic rings. The number of hydrogen-bond acceptors (Lipinski definition) is 4. The molecule has 0 aliphatic carbocycles. The zero-order valence-electron chi connectivity index (χ0n) is 18.1. The molecule has 0 heterocycles. The van der Waals surface area contributed by atoms with Gasteiger partial charge in [-0.2, -0.15) is 0 Å². The highest BCUT2D eigenvalue weighted by Crippen LogP contribution is 2.37. The van der Waals surface area contributed by atoms with Crippen LogP contribution in [0.1, 0.15) is 49.2 Å². The van der Waals surface area contributed by atoms with Crippen LogP contribution in [0.3, 0.4) is 0 Å². The molecule has 0 atom stereocenters. The Morgan fingerprint density at radius 2 is 1.60 bits per heavy atom. The lowest BCUT2D eigenvalue weighted by Gasteiger charge is -2.17. The number of carbonyl (C=O) groups is 2. The zero-order chi connectivity index (χ0) is 23.3. The van der Waals surface area contributed by atoms with Crippen LogP contribution in [-0.2, 0) is 11.2 Å². The van der Waals surface area contributed by atoms with Crippen molar-refractivity contribution in [3.8, 4) is 0 Å². The first-order valence-corrected chi connectivity index (χ1v) is 10.4. The van der Waals surface area contributed by atoms with Crippen molar-refractivity contribution < 1.29 is 14.7 Å². The fourth-order valence-corrected chi connectivity index (χ4v) is 2.86. The molecule has 0 saturated heterocycles. The molecule has 8 heteroatoms. The maximum atomic E-state index is 11.6. The highest BCUT2D eigenvalue weighted by Gasteiger charge is 2.15. The van der Waals surface area contributed by atoms with Gasteiger partial charge in [-0.05, 0) is 49.7 Å². The molecule has 6 nitrogen and oxygen atoms in total. The second-order valence-corrected chi connectivity index (χ2v) is 7.00. The smallest absolute Gasteiger partial charge is 0.300 e. The fraction of sp³-hybridized carbons (Fsp3) is 0.364. The predicted molar refractivity (Wildman–Crippen MR) is 126 cm³/mol. The molecule has 0 fully saturated rings. The van der Waals surface area contributed by atoms with Gasteiger partial charge in [-0.15, -0.1) is 0 Å². The molecule has 0 bridgehead atoms. The molecule has 2 aromatic rings. The molecule has 2 rings (SSSR count). The number of carboxylic acids is 1. The quantitative estimate of drug-likeness (QED) is 0.465. The normalized spacial score (nSPS) is 9.57. The van der Waals surface area contributed by atoms with E-state index in [1.54, 1.807) is 12.1 Å². The predicted octanol–water partition coefficient (Wildman–Crippen LogP) is 5.41. The number of halogens is 2. The lowest BCUT2D eigenvalue weighted by atomic mass is 10.0. The topological polar surface area (TPSA) is 104 Å². The minimum atomic E-state index is -0.833. The summed E-state index contributed by atoms with van der Waals surface area (Å²) in [5.41, 5.74) is 8.99. The van der Waals surface area contributed by atoms with Crippen molar-refractivity contribution in [2.24, 2.45) is 5.73 Å². The molecule has 0 saturated carbocycles. The summed E-state index contributed by atoms with van der Waals surface area (Å²) in [5, 5.41) is 14.7. The van der Waals surface area contributed by atoms with Crippen molar-refractivity contribution in [2.45, 2.75) is 41.0 Å². The van der Waals surface area contributed by atoms with E-state index in [-0.39, 0.29) is 0 Å². The minimum Gasteiger partial charge on any atom is -0.481 e. The summed E-state index contributed by atoms with van der Waals surface area (Å²) in [5.74, 6) is -1.33. The standard InChI is InChI=1S/C16H16Cl2N2O.C4H11N.C2H4O2/c1-3-10-5-4-6-11(16(19)21)14(10)20-15-12(17)8-7-9(2)13(15)18;1-3-5-4-2;1-2(3)4/h4-8,20H,3H2,1-2H3,(H2,19,21);5H,3-4H2,1-2H3;1H3,(H,3,4). The first kappa shape index (κ1) is 27.7. The number of hydrogen-bond donors (Lipinski definition) is 4. The van der Waals surface area contributed by atoms with Gasteiger partial charge in [0.2, 0.25) is 0 Å². The van der Waals surface area contributed by atoms with Crippen molar-refractivity contribution in [1.82, 2.24) is 5.32 Å². The van der Waals surface area contributed by atoms with Crippen LogP contribution in [0.4, 0.5) is 11.4 Å². The average Bonchev–Trinajstić information content (AvgIpc) is 2.68. The summed E-state index contributed by atoms with van der Waals surface area (Å²) in [7, 11) is 0. The molecular formula is C22H31Cl2N3O3. The summed E-state index contributed by atoms with van der Waals surface area (Å²) in [6, 6.07) is 9.04. The number of para-hydroxylation sites is 1. The molecule has 0 radical (unpaired) electrons. The largest absolute Gasteiger partial charge is 0.481 e. The van der Waals surface area contributed by atoms with Crippen LogP contribution in [0.2, 0.25) is 10.0 Å². The number of rotatable bonds is 6. The third kappa shape index (κ3) is 9.48. The number of aryl methyl sites for hydroxylation is 2. The van der Waals surface area contributed by atoms with E-state index in [2.05, 4.69) is 24.5 Å². The maximum Gasteiger partial charge on any atom is 0.300 e. The summed E-state index contributed by atoms with van der Waals surface area (Å²) in [6.07, 6.45) is 0.754. The van der Waals surface area contributed by atoms with Gasteiger partial charge in [0.1, 0.15) is 0 Å². The Bertz CT molecular complexity index is 837. The number of nitrogens with one attached hydrogen (secondary N) is 2. The van der Waals surface area contributed by atoms with E-state index in [0.29, 0.717) is 27.0 Å². The van der Waals surface area contributed by atoms with Crippen molar-refractivity contribution >= 4 is 46.5 Å². The molecule has 2 aromatic carbocycles. The van der Waals surface area contributed by atoms with Crippen LogP contribution in [0.15, 0.2) is 30.3 Å². The van der Waals surface area contributed by atoms with E-state index >= 15 is 0 Å². The lowest BCUT2D eigenvalue weighted by molar-refractivity contribution is -0.134. The second-order valence-electron chi connectivity index (χ2n) is 6.21. The van der Waals surface area contributed by atoms with Crippen molar-refractivity contribution in [3.05, 3.63) is 57.1 Å². The number of anilines is 2. The second kappa shape index (κ2) is 14.7. The number of amides is 1. The Kier molecular flexibility index (Phi) is 13.5. The Hall–Kier alpha value is -2.28. The van der Waals surface area contributed by atoms with E-state index in [1.807, 2.05) is 32.0 Å². The number of nitrogens with two attached hydrogens (primary N) is 1. The van der Waals surface area contributed by atoms with Gasteiger partial charge >= 0.3 is 0 Å². The molecule has 1 amide bonds. The molecule has 0 spiro atoms. The number of benzene rings is 2. The van der Waals surface area contributed by atoms with E-state index in [9.17, 15) is 4.79 Å². The fourth-order valence-electron chi connectivity index (χ4n) is 2.39. The van der Waals surface area contributed by atoms with E-state index < -0.39 is 11.9 Å². The Labute approximate surface area is 188 Å². The third-order valence-electron chi connectivity index (χ3n) is 3.83. The number of carboxylic acid groups (broad SMARTS) is 1. The first-order chi connectivity index (χ1) is 14.1. The van der Waals surface area contributed by atoms with Gasteiger partial charge in [0.15, 0.2) is 0 Å². The van der Waals surface area contributed by atoms with Crippen LogP contribution >= 0.6 is 23.2 Å². The molecule has 0 unspecified atom stereocenters. The van der Waals surface area contributed by atoms with E-state index in [4.69, 9.17) is 38.8 Å². The van der Waals surface area contributed by atoms with Crippen LogP contribution < -0.4 is 16.4 Å². The Morgan fingerprint density at radius 3 is 2.03 bits per heavy atom. The average molecular weight is 456 g/mol. The highest BCUT2D eigenvalue weighted by molar-refractivity contribution is 6.39. The van der Waals surface area contributed by atoms with Crippen LogP contribution in [-0.4, -0.2) is 30.1 Å². The van der Waals surface area contributed by atoms with Crippen molar-refractivity contribution in [1.29, 1.82) is 0 Å². The SMILES string of the molecule is CC(=O)O.CCNCC.CCc1cccc(C(N)=O)c1Nc1c(Cl)ccc(C)c1Cl. The van der Waals surface area contributed by atoms with E-state index in [1.165, 1.54) is 0 Å².